The van der Waals surface area contributed by atoms with E-state index < -0.39 is 0 Å². The summed E-state index contributed by atoms with van der Waals surface area (Å²) in [5, 5.41) is 6.43. The molecule has 19 heavy (non-hydrogen) atoms. The minimum atomic E-state index is -0.0315. The van der Waals surface area contributed by atoms with Gasteiger partial charge in [-0.3, -0.25) is 4.79 Å². The van der Waals surface area contributed by atoms with Gasteiger partial charge in [0, 0.05) is 26.6 Å². The van der Waals surface area contributed by atoms with Crippen molar-refractivity contribution in [1.82, 2.24) is 10.6 Å². The van der Waals surface area contributed by atoms with Crippen LogP contribution < -0.4 is 20.1 Å². The summed E-state index contributed by atoms with van der Waals surface area (Å²) in [6, 6.07) is 3.70. The van der Waals surface area contributed by atoms with Crippen LogP contribution in [0.4, 0.5) is 0 Å². The molecule has 2 N–H and O–H groups in total. The Morgan fingerprint density at radius 2 is 2.00 bits per heavy atom. The molecule has 1 aromatic rings. The van der Waals surface area contributed by atoms with E-state index in [9.17, 15) is 4.79 Å². The third kappa shape index (κ3) is 4.96. The summed E-state index contributed by atoms with van der Waals surface area (Å²) >= 11 is 6.11. The van der Waals surface area contributed by atoms with E-state index in [1.54, 1.807) is 14.2 Å². The van der Waals surface area contributed by atoms with E-state index in [0.717, 1.165) is 5.56 Å². The van der Waals surface area contributed by atoms with Crippen molar-refractivity contribution in [3.63, 3.8) is 0 Å². The van der Waals surface area contributed by atoms with E-state index in [1.165, 1.54) is 6.92 Å². The van der Waals surface area contributed by atoms with Gasteiger partial charge in [0.25, 0.3) is 0 Å². The molecule has 1 amide bonds. The highest BCUT2D eigenvalue weighted by atomic mass is 35.5. The first-order valence-corrected chi connectivity index (χ1v) is 6.31. The number of ether oxygens (including phenoxy) is 2. The van der Waals surface area contributed by atoms with Crippen LogP contribution in [0.25, 0.3) is 0 Å². The first-order chi connectivity index (χ1) is 9.08. The second-order valence-electron chi connectivity index (χ2n) is 3.97. The lowest BCUT2D eigenvalue weighted by molar-refractivity contribution is -0.118. The largest absolute Gasteiger partial charge is 0.493 e. The van der Waals surface area contributed by atoms with Crippen LogP contribution in [0.15, 0.2) is 12.1 Å². The fraction of sp³-hybridized carbons (Fsp3) is 0.462. The van der Waals surface area contributed by atoms with Gasteiger partial charge in [-0.15, -0.1) is 0 Å². The third-order valence-corrected chi connectivity index (χ3v) is 2.78. The van der Waals surface area contributed by atoms with Crippen LogP contribution in [0.3, 0.4) is 0 Å². The maximum absolute atomic E-state index is 10.7. The maximum Gasteiger partial charge on any atom is 0.216 e. The Kier molecular flexibility index (Phi) is 6.45. The molecule has 0 saturated heterocycles. The molecule has 0 aromatic heterocycles. The standard InChI is InChI=1S/C13H19ClN2O3/c1-9(17)16-5-4-15-8-10-6-11(14)13(19-3)12(7-10)18-2/h6-7,15H,4-5,8H2,1-3H3,(H,16,17). The molecule has 0 saturated carbocycles. The zero-order chi connectivity index (χ0) is 14.3. The average molecular weight is 287 g/mol. The Labute approximate surface area is 118 Å². The number of amides is 1. The zero-order valence-corrected chi connectivity index (χ0v) is 12.1. The molecule has 0 spiro atoms. The number of carbonyl (C=O) groups excluding carboxylic acids is 1. The zero-order valence-electron chi connectivity index (χ0n) is 11.4. The maximum atomic E-state index is 10.7. The predicted octanol–water partition coefficient (Wildman–Crippen LogP) is 1.58. The number of halogens is 1. The van der Waals surface area contributed by atoms with Crippen molar-refractivity contribution in [3.05, 3.63) is 22.7 Å². The molecule has 0 unspecified atom stereocenters. The fourth-order valence-corrected chi connectivity index (χ4v) is 1.94. The molecule has 1 aromatic carbocycles. The van der Waals surface area contributed by atoms with Gasteiger partial charge in [0.1, 0.15) is 0 Å². The molecule has 106 valence electrons. The van der Waals surface area contributed by atoms with E-state index in [1.807, 2.05) is 12.1 Å². The highest BCUT2D eigenvalue weighted by Gasteiger charge is 2.10. The monoisotopic (exact) mass is 286 g/mol. The molecule has 5 nitrogen and oxygen atoms in total. The van der Waals surface area contributed by atoms with Crippen LogP contribution in [0.1, 0.15) is 12.5 Å². The topological polar surface area (TPSA) is 59.6 Å². The summed E-state index contributed by atoms with van der Waals surface area (Å²) in [7, 11) is 3.12. The lowest BCUT2D eigenvalue weighted by Crippen LogP contribution is -2.29. The van der Waals surface area contributed by atoms with Crippen molar-refractivity contribution >= 4 is 17.5 Å². The Hall–Kier alpha value is -1.46. The third-order valence-electron chi connectivity index (χ3n) is 2.50. The van der Waals surface area contributed by atoms with Crippen molar-refractivity contribution in [3.8, 4) is 11.5 Å². The molecule has 1 rings (SSSR count). The summed E-state index contributed by atoms with van der Waals surface area (Å²) in [6.45, 7) is 3.41. The van der Waals surface area contributed by atoms with Gasteiger partial charge in [0.05, 0.1) is 19.2 Å². The van der Waals surface area contributed by atoms with Gasteiger partial charge in [-0.25, -0.2) is 0 Å². The Balaban J connectivity index is 2.55. The lowest BCUT2D eigenvalue weighted by Gasteiger charge is -2.12. The van der Waals surface area contributed by atoms with Gasteiger partial charge in [0.15, 0.2) is 11.5 Å². The molecule has 0 fully saturated rings. The molecule has 6 heteroatoms. The second kappa shape index (κ2) is 7.86. The lowest BCUT2D eigenvalue weighted by atomic mass is 10.2. The summed E-state index contributed by atoms with van der Waals surface area (Å²) in [5.74, 6) is 1.11. The predicted molar refractivity (Wildman–Crippen MR) is 74.9 cm³/mol. The number of carbonyl (C=O) groups is 1. The molecule has 0 aliphatic rings. The Morgan fingerprint density at radius 1 is 1.26 bits per heavy atom. The van der Waals surface area contributed by atoms with Crippen LogP contribution in [-0.2, 0) is 11.3 Å². The summed E-state index contributed by atoms with van der Waals surface area (Å²) in [4.78, 5) is 10.7. The molecular weight excluding hydrogens is 268 g/mol. The Morgan fingerprint density at radius 3 is 2.58 bits per heavy atom. The number of rotatable bonds is 7. The average Bonchev–Trinajstić information content (AvgIpc) is 2.37. The molecule has 0 heterocycles. The van der Waals surface area contributed by atoms with Crippen LogP contribution in [-0.4, -0.2) is 33.2 Å². The molecule has 0 aliphatic heterocycles. The SMILES string of the molecule is COc1cc(CNCCNC(C)=O)cc(Cl)c1OC. The van der Waals surface area contributed by atoms with E-state index in [0.29, 0.717) is 36.2 Å². The van der Waals surface area contributed by atoms with Crippen LogP contribution in [0, 0.1) is 0 Å². The molecule has 0 atom stereocenters. The highest BCUT2D eigenvalue weighted by molar-refractivity contribution is 6.32. The highest BCUT2D eigenvalue weighted by Crippen LogP contribution is 2.35. The van der Waals surface area contributed by atoms with Crippen LogP contribution >= 0.6 is 11.6 Å². The molecule has 0 bridgehead atoms. The van der Waals surface area contributed by atoms with E-state index in [2.05, 4.69) is 10.6 Å². The first-order valence-electron chi connectivity index (χ1n) is 5.94. The van der Waals surface area contributed by atoms with Gasteiger partial charge >= 0.3 is 0 Å². The minimum absolute atomic E-state index is 0.0315. The van der Waals surface area contributed by atoms with E-state index in [-0.39, 0.29) is 5.91 Å². The van der Waals surface area contributed by atoms with Crippen molar-refractivity contribution in [1.29, 1.82) is 0 Å². The number of nitrogens with one attached hydrogen (secondary N) is 2. The smallest absolute Gasteiger partial charge is 0.216 e. The summed E-state index contributed by atoms with van der Waals surface area (Å²) < 4.78 is 10.4. The van der Waals surface area contributed by atoms with Crippen molar-refractivity contribution < 1.29 is 14.3 Å². The van der Waals surface area contributed by atoms with E-state index >= 15 is 0 Å². The molecule has 0 aliphatic carbocycles. The van der Waals surface area contributed by atoms with Crippen LogP contribution in [0.5, 0.6) is 11.5 Å². The van der Waals surface area contributed by atoms with Gasteiger partial charge in [0.2, 0.25) is 5.91 Å². The number of benzene rings is 1. The minimum Gasteiger partial charge on any atom is -0.493 e. The summed E-state index contributed by atoms with van der Waals surface area (Å²) in [5.41, 5.74) is 0.991. The van der Waals surface area contributed by atoms with Gasteiger partial charge in [-0.1, -0.05) is 11.6 Å². The first kappa shape index (κ1) is 15.6. The van der Waals surface area contributed by atoms with Crippen molar-refractivity contribution in [2.45, 2.75) is 13.5 Å². The molecular formula is C13H19ClN2O3. The fourth-order valence-electron chi connectivity index (χ4n) is 1.63. The van der Waals surface area contributed by atoms with E-state index in [4.69, 9.17) is 21.1 Å². The van der Waals surface area contributed by atoms with Crippen LogP contribution in [0.2, 0.25) is 5.02 Å². The quantitative estimate of drug-likeness (QED) is 0.747. The number of hydrogen-bond acceptors (Lipinski definition) is 4. The summed E-state index contributed by atoms with van der Waals surface area (Å²) in [6.07, 6.45) is 0. The number of hydrogen-bond donors (Lipinski definition) is 2. The Bertz CT molecular complexity index is 438. The normalized spacial score (nSPS) is 10.1. The second-order valence-corrected chi connectivity index (χ2v) is 4.38. The van der Waals surface area contributed by atoms with Crippen molar-refractivity contribution in [2.24, 2.45) is 0 Å². The van der Waals surface area contributed by atoms with Gasteiger partial charge in [-0.05, 0) is 17.7 Å². The van der Waals surface area contributed by atoms with Gasteiger partial charge < -0.3 is 20.1 Å². The van der Waals surface area contributed by atoms with Gasteiger partial charge in [-0.2, -0.15) is 0 Å². The van der Waals surface area contributed by atoms with Crippen molar-refractivity contribution in [2.75, 3.05) is 27.3 Å². The number of methoxy groups -OCH3 is 2. The molecule has 0 radical (unpaired) electrons.